The number of rotatable bonds is 4. The first kappa shape index (κ1) is 13.0. The van der Waals surface area contributed by atoms with E-state index in [4.69, 9.17) is 0 Å². The zero-order chi connectivity index (χ0) is 12.3. The van der Waals surface area contributed by atoms with Crippen molar-refractivity contribution in [3.05, 3.63) is 0 Å². The van der Waals surface area contributed by atoms with E-state index in [-0.39, 0.29) is 5.92 Å². The Bertz CT molecular complexity index is 267. The molecule has 17 heavy (non-hydrogen) atoms. The molecule has 2 rings (SSSR count). The fourth-order valence-corrected chi connectivity index (χ4v) is 2.97. The Hall–Kier alpha value is -0.410. The molecule has 0 bridgehead atoms. The number of carbonyl (C=O) groups is 1. The number of piperidine rings is 1. The lowest BCUT2D eigenvalue weighted by Gasteiger charge is -2.44. The zero-order valence-corrected chi connectivity index (χ0v) is 11.3. The summed E-state index contributed by atoms with van der Waals surface area (Å²) in [6, 6.07) is 0.724. The maximum Gasteiger partial charge on any atom is 0.149 e. The van der Waals surface area contributed by atoms with Crippen LogP contribution in [0.1, 0.15) is 39.5 Å². The SMILES string of the molecule is CCC(C)C(=O)CN1CCN2CCCCC2C1. The normalized spacial score (nSPS) is 28.7. The molecule has 2 aliphatic rings. The van der Waals surface area contributed by atoms with Crippen molar-refractivity contribution in [1.82, 2.24) is 9.80 Å². The molecule has 0 amide bonds. The smallest absolute Gasteiger partial charge is 0.149 e. The topological polar surface area (TPSA) is 23.6 Å². The molecule has 0 aromatic heterocycles. The predicted molar refractivity (Wildman–Crippen MR) is 70.1 cm³/mol. The molecule has 2 fully saturated rings. The lowest BCUT2D eigenvalue weighted by atomic mass is 9.98. The molecule has 98 valence electrons. The highest BCUT2D eigenvalue weighted by molar-refractivity contribution is 5.82. The highest BCUT2D eigenvalue weighted by atomic mass is 16.1. The zero-order valence-electron chi connectivity index (χ0n) is 11.3. The number of fused-ring (bicyclic) bond motifs is 1. The lowest BCUT2D eigenvalue weighted by molar-refractivity contribution is -0.124. The van der Waals surface area contributed by atoms with E-state index in [0.717, 1.165) is 25.6 Å². The van der Waals surface area contributed by atoms with Crippen LogP contribution in [0, 0.1) is 5.92 Å². The van der Waals surface area contributed by atoms with Gasteiger partial charge in [0.25, 0.3) is 0 Å². The number of ketones is 1. The van der Waals surface area contributed by atoms with Crippen molar-refractivity contribution in [2.24, 2.45) is 5.92 Å². The van der Waals surface area contributed by atoms with Crippen molar-refractivity contribution < 1.29 is 4.79 Å². The van der Waals surface area contributed by atoms with Crippen LogP contribution in [0.15, 0.2) is 0 Å². The number of nitrogens with zero attached hydrogens (tertiary/aromatic N) is 2. The summed E-state index contributed by atoms with van der Waals surface area (Å²) in [6.07, 6.45) is 5.03. The number of hydrogen-bond donors (Lipinski definition) is 0. The first-order valence-electron chi connectivity index (χ1n) is 7.19. The summed E-state index contributed by atoms with van der Waals surface area (Å²) in [7, 11) is 0. The molecular weight excluding hydrogens is 212 g/mol. The summed E-state index contributed by atoms with van der Waals surface area (Å²) in [6.45, 7) is 9.47. The molecule has 2 atom stereocenters. The van der Waals surface area contributed by atoms with Gasteiger partial charge in [0.15, 0.2) is 0 Å². The van der Waals surface area contributed by atoms with Gasteiger partial charge < -0.3 is 0 Å². The standard InChI is InChI=1S/C14H26N2O/c1-3-12(2)14(17)11-15-8-9-16-7-5-4-6-13(16)10-15/h12-13H,3-11H2,1-2H3. The van der Waals surface area contributed by atoms with Crippen LogP contribution in [0.5, 0.6) is 0 Å². The van der Waals surface area contributed by atoms with Crippen molar-refractivity contribution in [3.8, 4) is 0 Å². The second-order valence-corrected chi connectivity index (χ2v) is 5.70. The van der Waals surface area contributed by atoms with Crippen molar-refractivity contribution in [3.63, 3.8) is 0 Å². The minimum Gasteiger partial charge on any atom is -0.298 e. The van der Waals surface area contributed by atoms with Gasteiger partial charge in [0.1, 0.15) is 5.78 Å². The first-order valence-corrected chi connectivity index (χ1v) is 7.19. The van der Waals surface area contributed by atoms with Crippen LogP contribution in [0.4, 0.5) is 0 Å². The summed E-state index contributed by atoms with van der Waals surface area (Å²) < 4.78 is 0. The average Bonchev–Trinajstić information content (AvgIpc) is 2.37. The van der Waals surface area contributed by atoms with Crippen molar-refractivity contribution in [2.75, 3.05) is 32.7 Å². The fraction of sp³-hybridized carbons (Fsp3) is 0.929. The van der Waals surface area contributed by atoms with Gasteiger partial charge in [-0.1, -0.05) is 20.3 Å². The molecule has 3 heteroatoms. The van der Waals surface area contributed by atoms with Gasteiger partial charge in [0.05, 0.1) is 6.54 Å². The summed E-state index contributed by atoms with van der Waals surface area (Å²) in [5.41, 5.74) is 0. The van der Waals surface area contributed by atoms with Crippen molar-refractivity contribution >= 4 is 5.78 Å². The molecule has 0 saturated carbocycles. The van der Waals surface area contributed by atoms with Gasteiger partial charge in [0, 0.05) is 31.6 Å². The van der Waals surface area contributed by atoms with E-state index in [9.17, 15) is 4.79 Å². The van der Waals surface area contributed by atoms with E-state index in [1.807, 2.05) is 0 Å². The second-order valence-electron chi connectivity index (χ2n) is 5.70. The molecule has 0 aromatic carbocycles. The molecule has 2 aliphatic heterocycles. The molecule has 0 radical (unpaired) electrons. The Morgan fingerprint density at radius 1 is 1.29 bits per heavy atom. The molecular formula is C14H26N2O. The van der Waals surface area contributed by atoms with Crippen LogP contribution in [0.3, 0.4) is 0 Å². The number of carbonyl (C=O) groups excluding carboxylic acids is 1. The van der Waals surface area contributed by atoms with Crippen LogP contribution in [-0.4, -0.2) is 54.3 Å². The number of Topliss-reactive ketones (excluding diaryl/α,β-unsaturated/α-hetero) is 1. The highest BCUT2D eigenvalue weighted by Gasteiger charge is 2.29. The lowest BCUT2D eigenvalue weighted by Crippen LogP contribution is -2.55. The molecule has 0 N–H and O–H groups in total. The van der Waals surface area contributed by atoms with Crippen molar-refractivity contribution in [1.29, 1.82) is 0 Å². The summed E-state index contributed by atoms with van der Waals surface area (Å²) in [5, 5.41) is 0. The molecule has 2 unspecified atom stereocenters. The van der Waals surface area contributed by atoms with E-state index in [2.05, 4.69) is 23.6 Å². The van der Waals surface area contributed by atoms with Gasteiger partial charge in [-0.3, -0.25) is 14.6 Å². The molecule has 2 heterocycles. The van der Waals surface area contributed by atoms with E-state index in [1.165, 1.54) is 32.4 Å². The maximum atomic E-state index is 11.9. The minimum absolute atomic E-state index is 0.236. The molecule has 2 saturated heterocycles. The fourth-order valence-electron chi connectivity index (χ4n) is 2.97. The molecule has 3 nitrogen and oxygen atoms in total. The summed E-state index contributed by atoms with van der Waals surface area (Å²) >= 11 is 0. The van der Waals surface area contributed by atoms with Gasteiger partial charge in [-0.15, -0.1) is 0 Å². The Morgan fingerprint density at radius 2 is 2.12 bits per heavy atom. The maximum absolute atomic E-state index is 11.9. The van der Waals surface area contributed by atoms with Crippen LogP contribution in [0.2, 0.25) is 0 Å². The Balaban J connectivity index is 1.81. The van der Waals surface area contributed by atoms with Gasteiger partial charge in [-0.2, -0.15) is 0 Å². The van der Waals surface area contributed by atoms with Crippen molar-refractivity contribution in [2.45, 2.75) is 45.6 Å². The van der Waals surface area contributed by atoms with E-state index in [0.29, 0.717) is 12.3 Å². The average molecular weight is 238 g/mol. The van der Waals surface area contributed by atoms with Crippen LogP contribution in [-0.2, 0) is 4.79 Å². The van der Waals surface area contributed by atoms with E-state index < -0.39 is 0 Å². The second kappa shape index (κ2) is 5.96. The van der Waals surface area contributed by atoms with Crippen LogP contribution < -0.4 is 0 Å². The Labute approximate surface area is 105 Å². The molecule has 0 aromatic rings. The highest BCUT2D eigenvalue weighted by Crippen LogP contribution is 2.21. The van der Waals surface area contributed by atoms with Crippen LogP contribution >= 0.6 is 0 Å². The summed E-state index contributed by atoms with van der Waals surface area (Å²) in [5.74, 6) is 0.663. The quantitative estimate of drug-likeness (QED) is 0.746. The third-order valence-electron chi connectivity index (χ3n) is 4.46. The first-order chi connectivity index (χ1) is 8.20. The largest absolute Gasteiger partial charge is 0.298 e. The molecule has 0 aliphatic carbocycles. The van der Waals surface area contributed by atoms with Gasteiger partial charge in [-0.25, -0.2) is 0 Å². The third-order valence-corrected chi connectivity index (χ3v) is 4.46. The minimum atomic E-state index is 0.236. The Morgan fingerprint density at radius 3 is 2.88 bits per heavy atom. The van der Waals surface area contributed by atoms with Crippen LogP contribution in [0.25, 0.3) is 0 Å². The van der Waals surface area contributed by atoms with E-state index in [1.54, 1.807) is 0 Å². The van der Waals surface area contributed by atoms with Gasteiger partial charge in [0.2, 0.25) is 0 Å². The Kier molecular flexibility index (Phi) is 4.57. The van der Waals surface area contributed by atoms with Gasteiger partial charge >= 0.3 is 0 Å². The monoisotopic (exact) mass is 238 g/mol. The van der Waals surface area contributed by atoms with Gasteiger partial charge in [-0.05, 0) is 25.8 Å². The predicted octanol–water partition coefficient (Wildman–Crippen LogP) is 1.77. The van der Waals surface area contributed by atoms with E-state index >= 15 is 0 Å². The summed E-state index contributed by atoms with van der Waals surface area (Å²) in [4.78, 5) is 16.9. The molecule has 0 spiro atoms. The number of hydrogen-bond acceptors (Lipinski definition) is 3. The third kappa shape index (κ3) is 3.29. The number of piperazine rings is 1.